The van der Waals surface area contributed by atoms with Gasteiger partial charge in [0, 0.05) is 0 Å². The van der Waals surface area contributed by atoms with Gasteiger partial charge in [-0.3, -0.25) is 4.72 Å². The monoisotopic (exact) mass is 333 g/mol. The maximum Gasteiger partial charge on any atom is 0.271 e. The third kappa shape index (κ3) is 2.80. The predicted molar refractivity (Wildman–Crippen MR) is 70.9 cm³/mol. The molecule has 2 N–H and O–H groups in total. The van der Waals surface area contributed by atoms with Crippen molar-refractivity contribution in [2.45, 2.75) is 4.21 Å². The van der Waals surface area contributed by atoms with Gasteiger partial charge in [-0.1, -0.05) is 6.07 Å². The molecule has 1 heterocycles. The Morgan fingerprint density at radius 3 is 2.65 bits per heavy atom. The average molecular weight is 334 g/mol. The number of thiophene rings is 1. The molecule has 0 spiro atoms. The molecule has 0 unspecified atom stereocenters. The first-order chi connectivity index (χ1) is 7.99. The van der Waals surface area contributed by atoms with Gasteiger partial charge in [0.2, 0.25) is 0 Å². The summed E-state index contributed by atoms with van der Waals surface area (Å²) in [5.74, 6) is 0.0593. The summed E-state index contributed by atoms with van der Waals surface area (Å²) < 4.78 is 26.9. The lowest BCUT2D eigenvalue weighted by molar-refractivity contribution is 0.472. The van der Waals surface area contributed by atoms with Gasteiger partial charge in [-0.2, -0.15) is 0 Å². The third-order valence-corrected chi connectivity index (χ3v) is 5.37. The third-order valence-electron chi connectivity index (χ3n) is 1.96. The van der Waals surface area contributed by atoms with Crippen molar-refractivity contribution < 1.29 is 13.5 Å². The number of halogens is 1. The largest absolute Gasteiger partial charge is 0.507 e. The Kier molecular flexibility index (Phi) is 3.41. The van der Waals surface area contributed by atoms with Gasteiger partial charge in [0.05, 0.1) is 10.2 Å². The number of rotatable bonds is 3. The molecular formula is C10H8BrNO3S2. The van der Waals surface area contributed by atoms with Crippen LogP contribution in [-0.2, 0) is 10.0 Å². The van der Waals surface area contributed by atoms with E-state index in [0.717, 1.165) is 11.3 Å². The highest BCUT2D eigenvalue weighted by atomic mass is 79.9. The van der Waals surface area contributed by atoms with Crippen molar-refractivity contribution in [2.75, 3.05) is 4.72 Å². The van der Waals surface area contributed by atoms with E-state index in [-0.39, 0.29) is 9.96 Å². The minimum absolute atomic E-state index is 0.0593. The fraction of sp³-hybridized carbons (Fsp3) is 0. The standard InChI is InChI=1S/C10H8BrNO3S2/c11-8-6-7(3-4-9(8)13)12-17(14,15)10-2-1-5-16-10/h1-6,12-13H. The maximum atomic E-state index is 11.9. The van der Waals surface area contributed by atoms with Crippen LogP contribution in [0.1, 0.15) is 0 Å². The number of phenols is 1. The topological polar surface area (TPSA) is 66.4 Å². The van der Waals surface area contributed by atoms with Crippen LogP contribution in [0.5, 0.6) is 5.75 Å². The lowest BCUT2D eigenvalue weighted by Gasteiger charge is -2.07. The Morgan fingerprint density at radius 1 is 1.29 bits per heavy atom. The number of hydrogen-bond donors (Lipinski definition) is 2. The molecule has 0 saturated carbocycles. The first kappa shape index (κ1) is 12.4. The van der Waals surface area contributed by atoms with E-state index in [1.54, 1.807) is 11.4 Å². The molecule has 0 saturated heterocycles. The molecule has 0 fully saturated rings. The number of hydrogen-bond acceptors (Lipinski definition) is 4. The van der Waals surface area contributed by atoms with Crippen LogP contribution in [0.3, 0.4) is 0 Å². The molecule has 7 heteroatoms. The molecule has 17 heavy (non-hydrogen) atoms. The van der Waals surface area contributed by atoms with Crippen molar-refractivity contribution in [2.24, 2.45) is 0 Å². The molecule has 0 aliphatic heterocycles. The lowest BCUT2D eigenvalue weighted by Crippen LogP contribution is -2.11. The highest BCUT2D eigenvalue weighted by Crippen LogP contribution is 2.28. The first-order valence-corrected chi connectivity index (χ1v) is 7.69. The van der Waals surface area contributed by atoms with Gasteiger partial charge in [0.15, 0.2) is 0 Å². The van der Waals surface area contributed by atoms with Crippen LogP contribution in [0.25, 0.3) is 0 Å². The highest BCUT2D eigenvalue weighted by Gasteiger charge is 2.15. The lowest BCUT2D eigenvalue weighted by atomic mass is 10.3. The van der Waals surface area contributed by atoms with E-state index in [4.69, 9.17) is 0 Å². The Morgan fingerprint density at radius 2 is 2.06 bits per heavy atom. The second-order valence-corrected chi connectivity index (χ2v) is 6.92. The summed E-state index contributed by atoms with van der Waals surface area (Å²) in [5, 5.41) is 11.0. The van der Waals surface area contributed by atoms with Crippen molar-refractivity contribution in [1.82, 2.24) is 0 Å². The molecule has 0 aliphatic carbocycles. The molecule has 1 aromatic heterocycles. The van der Waals surface area contributed by atoms with Gasteiger partial charge >= 0.3 is 0 Å². The first-order valence-electron chi connectivity index (χ1n) is 4.54. The Bertz CT molecular complexity index is 623. The predicted octanol–water partition coefficient (Wildman–Crippen LogP) is 3.02. The molecule has 4 nitrogen and oxygen atoms in total. The van der Waals surface area contributed by atoms with Crippen molar-refractivity contribution in [1.29, 1.82) is 0 Å². The summed E-state index contributed by atoms with van der Waals surface area (Å²) in [4.78, 5) is 0. The minimum Gasteiger partial charge on any atom is -0.507 e. The van der Waals surface area contributed by atoms with E-state index in [2.05, 4.69) is 20.7 Å². The molecule has 1 aromatic carbocycles. The molecule has 2 rings (SSSR count). The molecule has 0 bridgehead atoms. The molecular weight excluding hydrogens is 326 g/mol. The smallest absolute Gasteiger partial charge is 0.271 e. The number of aromatic hydroxyl groups is 1. The van der Waals surface area contributed by atoms with E-state index in [1.807, 2.05) is 0 Å². The SMILES string of the molecule is O=S(=O)(Nc1ccc(O)c(Br)c1)c1cccs1. The second kappa shape index (κ2) is 4.67. The summed E-state index contributed by atoms with van der Waals surface area (Å²) in [5.41, 5.74) is 0.392. The maximum absolute atomic E-state index is 11.9. The molecule has 0 radical (unpaired) electrons. The average Bonchev–Trinajstić information content (AvgIpc) is 2.77. The minimum atomic E-state index is -3.53. The van der Waals surface area contributed by atoms with Gasteiger partial charge in [0.25, 0.3) is 10.0 Å². The van der Waals surface area contributed by atoms with Gasteiger partial charge in [0.1, 0.15) is 9.96 Å². The second-order valence-electron chi connectivity index (χ2n) is 3.20. The van der Waals surface area contributed by atoms with Crippen LogP contribution in [0.4, 0.5) is 5.69 Å². The number of phenolic OH excluding ortho intramolecular Hbond substituents is 1. The molecule has 2 aromatic rings. The van der Waals surface area contributed by atoms with Gasteiger partial charge in [-0.05, 0) is 45.6 Å². The van der Waals surface area contributed by atoms with E-state index in [9.17, 15) is 13.5 Å². The van der Waals surface area contributed by atoms with Crippen LogP contribution in [0.2, 0.25) is 0 Å². The molecule has 0 amide bonds. The number of nitrogens with one attached hydrogen (secondary N) is 1. The van der Waals surface area contributed by atoms with Crippen LogP contribution >= 0.6 is 27.3 Å². The van der Waals surface area contributed by atoms with E-state index >= 15 is 0 Å². The highest BCUT2D eigenvalue weighted by molar-refractivity contribution is 9.10. The van der Waals surface area contributed by atoms with Gasteiger partial charge in [-0.15, -0.1) is 11.3 Å². The van der Waals surface area contributed by atoms with Crippen LogP contribution in [0.15, 0.2) is 44.4 Å². The van der Waals surface area contributed by atoms with Crippen LogP contribution < -0.4 is 4.72 Å². The zero-order valence-corrected chi connectivity index (χ0v) is 11.6. The number of sulfonamides is 1. The Labute approximate surface area is 111 Å². The van der Waals surface area contributed by atoms with Crippen LogP contribution in [0, 0.1) is 0 Å². The van der Waals surface area contributed by atoms with Crippen LogP contribution in [-0.4, -0.2) is 13.5 Å². The fourth-order valence-electron chi connectivity index (χ4n) is 1.19. The number of anilines is 1. The fourth-order valence-corrected chi connectivity index (χ4v) is 3.61. The molecule has 0 aliphatic rings. The molecule has 0 atom stereocenters. The van der Waals surface area contributed by atoms with E-state index in [0.29, 0.717) is 10.2 Å². The van der Waals surface area contributed by atoms with Gasteiger partial charge < -0.3 is 5.11 Å². The van der Waals surface area contributed by atoms with Gasteiger partial charge in [-0.25, -0.2) is 8.42 Å². The summed E-state index contributed by atoms with van der Waals surface area (Å²) in [6, 6.07) is 7.61. The Balaban J connectivity index is 2.30. The van der Waals surface area contributed by atoms with E-state index in [1.165, 1.54) is 24.3 Å². The van der Waals surface area contributed by atoms with E-state index < -0.39 is 10.0 Å². The number of benzene rings is 1. The normalized spacial score (nSPS) is 11.4. The van der Waals surface area contributed by atoms with Crippen molar-refractivity contribution in [3.05, 3.63) is 40.2 Å². The zero-order valence-electron chi connectivity index (χ0n) is 8.42. The quantitative estimate of drug-likeness (QED) is 0.848. The summed E-state index contributed by atoms with van der Waals surface area (Å²) in [7, 11) is -3.53. The Hall–Kier alpha value is -1.05. The summed E-state index contributed by atoms with van der Waals surface area (Å²) in [6.45, 7) is 0. The van der Waals surface area contributed by atoms with Crippen molar-refractivity contribution in [3.63, 3.8) is 0 Å². The summed E-state index contributed by atoms with van der Waals surface area (Å²) in [6.07, 6.45) is 0. The molecule has 90 valence electrons. The van der Waals surface area contributed by atoms with Crippen molar-refractivity contribution >= 4 is 43.0 Å². The van der Waals surface area contributed by atoms with Crippen molar-refractivity contribution in [3.8, 4) is 5.75 Å². The summed E-state index contributed by atoms with van der Waals surface area (Å²) >= 11 is 4.27. The zero-order chi connectivity index (χ0) is 12.5.